The van der Waals surface area contributed by atoms with E-state index in [1.165, 1.54) is 24.4 Å². The van der Waals surface area contributed by atoms with Crippen LogP contribution >= 0.6 is 0 Å². The van der Waals surface area contributed by atoms with Gasteiger partial charge < -0.3 is 0 Å². The van der Waals surface area contributed by atoms with Gasteiger partial charge in [0.15, 0.2) is 0 Å². The van der Waals surface area contributed by atoms with Crippen molar-refractivity contribution in [3.63, 3.8) is 0 Å². The van der Waals surface area contributed by atoms with Crippen molar-refractivity contribution in [1.29, 1.82) is 0 Å². The second-order valence-electron chi connectivity index (χ2n) is 3.16. The van der Waals surface area contributed by atoms with Crippen LogP contribution in [-0.4, -0.2) is 35.4 Å². The Morgan fingerprint density at radius 1 is 1.30 bits per heavy atom. The monoisotopic (exact) mass is 128 g/mol. The number of rotatable bonds is 3. The van der Waals surface area contributed by atoms with E-state index >= 15 is 0 Å². The van der Waals surface area contributed by atoms with Gasteiger partial charge in [-0.25, -0.2) is 0 Å². The van der Waals surface area contributed by atoms with Crippen LogP contribution in [0.4, 0.5) is 0 Å². The third-order valence-electron chi connectivity index (χ3n) is 1.52. The van der Waals surface area contributed by atoms with Crippen molar-refractivity contribution < 1.29 is 0 Å². The molecule has 1 unspecified atom stereocenters. The maximum absolute atomic E-state index is 2.22. The molecule has 0 aliphatic heterocycles. The molecule has 0 aliphatic rings. The summed E-state index contributed by atoms with van der Waals surface area (Å²) in [7, 11) is 0. The van der Waals surface area contributed by atoms with Gasteiger partial charge in [-0.15, -0.1) is 0 Å². The standard InChI is InChI=1S/2C4H9.2Li/c2*1-3-4-2;;/h3H,4H2,1-2H3;1,3-4H2,2H3;;. The van der Waals surface area contributed by atoms with Gasteiger partial charge in [0.25, 0.3) is 0 Å². The second-order valence-corrected chi connectivity index (χ2v) is 3.16. The molecule has 0 aromatic carbocycles. The van der Waals surface area contributed by atoms with Gasteiger partial charge >= 0.3 is 85.1 Å². The van der Waals surface area contributed by atoms with Gasteiger partial charge in [0.1, 0.15) is 0 Å². The van der Waals surface area contributed by atoms with Crippen LogP contribution in [0.3, 0.4) is 0 Å². The zero-order valence-corrected chi connectivity index (χ0v) is 8.41. The minimum atomic E-state index is 0.884. The third-order valence-corrected chi connectivity index (χ3v) is 1.52. The molecule has 0 fully saturated rings. The predicted molar refractivity (Wildman–Crippen MR) is 50.9 cm³/mol. The first-order valence-corrected chi connectivity index (χ1v) is 4.68. The minimum absolute atomic E-state index is 0.884. The fourth-order valence-electron chi connectivity index (χ4n) is 0.354. The molecule has 0 saturated carbocycles. The van der Waals surface area contributed by atoms with Crippen LogP contribution in [0.1, 0.15) is 40.0 Å². The molecule has 10 heavy (non-hydrogen) atoms. The normalized spacial score (nSPS) is 11.9. The summed E-state index contributed by atoms with van der Waals surface area (Å²) in [4.78, 5) is 0. The predicted octanol–water partition coefficient (Wildman–Crippen LogP) is 2.75. The number of hydrogen-bond donors (Lipinski definition) is 0. The van der Waals surface area contributed by atoms with Crippen LogP contribution in [0, 0.1) is 0 Å². The van der Waals surface area contributed by atoms with Gasteiger partial charge in [0.2, 0.25) is 0 Å². The van der Waals surface area contributed by atoms with E-state index in [2.05, 4.69) is 56.2 Å². The van der Waals surface area contributed by atoms with Crippen molar-refractivity contribution in [3.8, 4) is 0 Å². The topological polar surface area (TPSA) is 0 Å². The zero-order valence-electron chi connectivity index (χ0n) is 8.41. The molecule has 0 amide bonds. The van der Waals surface area contributed by atoms with Crippen LogP contribution in [0.2, 0.25) is 9.68 Å². The molecule has 0 aliphatic carbocycles. The number of unbranched alkanes of at least 4 members (excludes halogenated alkanes) is 1. The summed E-state index contributed by atoms with van der Waals surface area (Å²) in [6.45, 7) is 6.63. The molecule has 0 spiro atoms. The summed E-state index contributed by atoms with van der Waals surface area (Å²) >= 11 is 4.43. The van der Waals surface area contributed by atoms with Gasteiger partial charge in [-0.05, 0) is 0 Å². The molecule has 52 valence electrons. The Balaban J connectivity index is 0. The van der Waals surface area contributed by atoms with Crippen LogP contribution < -0.4 is 0 Å². The van der Waals surface area contributed by atoms with Gasteiger partial charge in [0, 0.05) is 0 Å². The van der Waals surface area contributed by atoms with E-state index in [-0.39, 0.29) is 0 Å². The Labute approximate surface area is 84.9 Å². The fraction of sp³-hybridized carbons (Fsp3) is 1.00. The molecule has 1 atom stereocenters. The van der Waals surface area contributed by atoms with E-state index in [4.69, 9.17) is 0 Å². The molecule has 0 radical (unpaired) electrons. The average Bonchev–Trinajstić information content (AvgIpc) is 1.91. The van der Waals surface area contributed by atoms with Crippen molar-refractivity contribution in [2.24, 2.45) is 0 Å². The van der Waals surface area contributed by atoms with Gasteiger partial charge in [-0.2, -0.15) is 0 Å². The summed E-state index contributed by atoms with van der Waals surface area (Å²) in [5.41, 5.74) is 0. The first-order chi connectivity index (χ1) is 4.68. The zero-order chi connectivity index (χ0) is 8.41. The van der Waals surface area contributed by atoms with Gasteiger partial charge in [-0.1, -0.05) is 0 Å². The summed E-state index contributed by atoms with van der Waals surface area (Å²) in [5.74, 6) is 0. The molecule has 0 aromatic heterocycles. The second kappa shape index (κ2) is 12.8. The fourth-order valence-corrected chi connectivity index (χ4v) is 0.354. The van der Waals surface area contributed by atoms with Crippen molar-refractivity contribution in [1.82, 2.24) is 0 Å². The molecule has 0 rings (SSSR count). The Morgan fingerprint density at radius 2 is 1.70 bits per heavy atom. The molecular weight excluding hydrogens is 110 g/mol. The summed E-state index contributed by atoms with van der Waals surface area (Å²) in [5, 5.41) is 1.34. The van der Waals surface area contributed by atoms with Crippen LogP contribution in [-0.2, 0) is 0 Å². The molecular formula is C8H18Li2. The van der Waals surface area contributed by atoms with Crippen molar-refractivity contribution >= 4 is 35.4 Å². The van der Waals surface area contributed by atoms with E-state index in [1.54, 1.807) is 0 Å². The van der Waals surface area contributed by atoms with E-state index in [9.17, 15) is 0 Å². The molecule has 0 nitrogen and oxygen atoms in total. The Kier molecular flexibility index (Phi) is 17.7. The molecule has 0 heterocycles. The first-order valence-electron chi connectivity index (χ1n) is 4.68. The van der Waals surface area contributed by atoms with Crippen molar-refractivity contribution in [3.05, 3.63) is 0 Å². The average molecular weight is 128 g/mol. The van der Waals surface area contributed by atoms with E-state index < -0.39 is 0 Å². The third kappa shape index (κ3) is 22.9. The summed E-state index contributed by atoms with van der Waals surface area (Å²) in [6, 6.07) is 0. The quantitative estimate of drug-likeness (QED) is 0.512. The molecule has 2 heteroatoms. The van der Waals surface area contributed by atoms with Gasteiger partial charge in [0.05, 0.1) is 0 Å². The van der Waals surface area contributed by atoms with Crippen LogP contribution in [0.5, 0.6) is 0 Å². The Bertz CT molecular complexity index is 42.5. The maximum atomic E-state index is 2.22. The van der Waals surface area contributed by atoms with Crippen molar-refractivity contribution in [2.45, 2.75) is 49.7 Å². The molecule has 0 aromatic rings. The van der Waals surface area contributed by atoms with E-state index in [0.717, 1.165) is 4.59 Å². The summed E-state index contributed by atoms with van der Waals surface area (Å²) in [6.07, 6.45) is 4.04. The molecule has 0 saturated heterocycles. The molecule has 0 N–H and O–H groups in total. The Morgan fingerprint density at radius 3 is 1.70 bits per heavy atom. The van der Waals surface area contributed by atoms with Gasteiger partial charge in [-0.3, -0.25) is 0 Å². The van der Waals surface area contributed by atoms with Crippen LogP contribution in [0.25, 0.3) is 0 Å². The van der Waals surface area contributed by atoms with E-state index in [0.29, 0.717) is 0 Å². The summed E-state index contributed by atoms with van der Waals surface area (Å²) < 4.78 is 0.884. The number of hydrogen-bond acceptors (Lipinski definition) is 0. The van der Waals surface area contributed by atoms with Crippen LogP contribution in [0.15, 0.2) is 0 Å². The Hall–Kier alpha value is 1.19. The molecule has 0 bridgehead atoms. The first kappa shape index (κ1) is 13.8. The van der Waals surface area contributed by atoms with E-state index in [1.807, 2.05) is 0 Å². The SMILES string of the molecule is [Li][CH2]CCC.[Li][CH](C)CC. The van der Waals surface area contributed by atoms with Crippen molar-refractivity contribution in [2.75, 3.05) is 0 Å².